The van der Waals surface area contributed by atoms with Crippen LogP contribution >= 0.6 is 11.6 Å². The summed E-state index contributed by atoms with van der Waals surface area (Å²) in [6.07, 6.45) is 2.25. The largest absolute Gasteiger partial charge is 0.444 e. The zero-order chi connectivity index (χ0) is 16.1. The molecular formula is C16H21ClN2O3. The summed E-state index contributed by atoms with van der Waals surface area (Å²) in [5.41, 5.74) is 0.513. The van der Waals surface area contributed by atoms with Gasteiger partial charge < -0.3 is 9.84 Å². The third-order valence-electron chi connectivity index (χ3n) is 4.38. The van der Waals surface area contributed by atoms with Crippen LogP contribution in [0.3, 0.4) is 0 Å². The van der Waals surface area contributed by atoms with Gasteiger partial charge in [-0.25, -0.2) is 9.78 Å². The Morgan fingerprint density at radius 1 is 1.36 bits per heavy atom. The lowest BCUT2D eigenvalue weighted by Gasteiger charge is -2.28. The molecule has 2 saturated heterocycles. The molecule has 0 aromatic carbocycles. The summed E-state index contributed by atoms with van der Waals surface area (Å²) < 4.78 is 5.49. The van der Waals surface area contributed by atoms with Crippen LogP contribution in [0.15, 0.2) is 18.3 Å². The highest BCUT2D eigenvalue weighted by molar-refractivity contribution is 6.29. The predicted octanol–water partition coefficient (Wildman–Crippen LogP) is 2.96. The number of aliphatic hydroxyl groups is 1. The van der Waals surface area contributed by atoms with Gasteiger partial charge in [0.15, 0.2) is 0 Å². The second-order valence-corrected chi connectivity index (χ2v) is 7.47. The van der Waals surface area contributed by atoms with Crippen LogP contribution in [0.1, 0.15) is 45.1 Å². The van der Waals surface area contributed by atoms with E-state index in [2.05, 4.69) is 4.98 Å². The van der Waals surface area contributed by atoms with Gasteiger partial charge in [-0.15, -0.1) is 0 Å². The van der Waals surface area contributed by atoms with Crippen molar-refractivity contribution in [2.45, 2.75) is 63.3 Å². The number of pyridine rings is 1. The molecule has 1 aromatic rings. The van der Waals surface area contributed by atoms with Gasteiger partial charge in [-0.3, -0.25) is 4.90 Å². The van der Waals surface area contributed by atoms with Crippen molar-refractivity contribution in [3.8, 4) is 0 Å². The van der Waals surface area contributed by atoms with E-state index in [4.69, 9.17) is 16.3 Å². The van der Waals surface area contributed by atoms with Crippen molar-refractivity contribution in [1.29, 1.82) is 0 Å². The summed E-state index contributed by atoms with van der Waals surface area (Å²) in [5, 5.41) is 10.6. The maximum Gasteiger partial charge on any atom is 0.410 e. The standard InChI is InChI=1S/C16H21ClN2O3/c1-16(2,3)22-15(21)19-11-7-13(20)12(19)6-10(11)9-4-5-14(17)18-8-9/h4-5,8,10-13,20H,6-7H2,1-3H3/t10-,11-,12-,13-/m1/s1. The van der Waals surface area contributed by atoms with Crippen LogP contribution in [-0.4, -0.2) is 44.9 Å². The lowest BCUT2D eigenvalue weighted by molar-refractivity contribution is 0.0169. The lowest BCUT2D eigenvalue weighted by atomic mass is 9.83. The molecule has 1 N–H and O–H groups in total. The van der Waals surface area contributed by atoms with E-state index >= 15 is 0 Å². The molecule has 0 aliphatic carbocycles. The third-order valence-corrected chi connectivity index (χ3v) is 4.61. The molecule has 5 nitrogen and oxygen atoms in total. The first-order valence-corrected chi connectivity index (χ1v) is 7.95. The molecule has 3 heterocycles. The van der Waals surface area contributed by atoms with Gasteiger partial charge in [-0.2, -0.15) is 0 Å². The monoisotopic (exact) mass is 324 g/mol. The number of rotatable bonds is 1. The van der Waals surface area contributed by atoms with Gasteiger partial charge in [0.2, 0.25) is 0 Å². The minimum Gasteiger partial charge on any atom is -0.444 e. The first-order valence-electron chi connectivity index (χ1n) is 7.57. The molecular weight excluding hydrogens is 304 g/mol. The number of ether oxygens (including phenoxy) is 1. The molecule has 0 unspecified atom stereocenters. The summed E-state index contributed by atoms with van der Waals surface area (Å²) >= 11 is 5.84. The first kappa shape index (κ1) is 15.6. The molecule has 22 heavy (non-hydrogen) atoms. The Kier molecular flexibility index (Phi) is 3.81. The first-order chi connectivity index (χ1) is 10.3. The minimum absolute atomic E-state index is 0.0437. The van der Waals surface area contributed by atoms with Gasteiger partial charge >= 0.3 is 6.09 Å². The van der Waals surface area contributed by atoms with E-state index < -0.39 is 11.7 Å². The summed E-state index contributed by atoms with van der Waals surface area (Å²) in [6, 6.07) is 3.48. The second kappa shape index (κ2) is 5.39. The summed E-state index contributed by atoms with van der Waals surface area (Å²) in [5.74, 6) is 0.172. The Bertz CT molecular complexity index is 570. The molecule has 6 heteroatoms. The fourth-order valence-corrected chi connectivity index (χ4v) is 3.66. The van der Waals surface area contributed by atoms with Gasteiger partial charge in [0.25, 0.3) is 0 Å². The highest BCUT2D eigenvalue weighted by atomic mass is 35.5. The molecule has 120 valence electrons. The van der Waals surface area contributed by atoms with Crippen molar-refractivity contribution in [1.82, 2.24) is 9.88 Å². The van der Waals surface area contributed by atoms with Crippen LogP contribution in [0.4, 0.5) is 4.79 Å². The number of aromatic nitrogens is 1. The topological polar surface area (TPSA) is 62.7 Å². The molecule has 0 radical (unpaired) electrons. The highest BCUT2D eigenvalue weighted by Crippen LogP contribution is 2.47. The molecule has 1 amide bonds. The molecule has 0 spiro atoms. The van der Waals surface area contributed by atoms with Crippen LogP contribution in [0.25, 0.3) is 0 Å². The number of carbonyl (C=O) groups excluding carboxylic acids is 1. The van der Waals surface area contributed by atoms with Gasteiger partial charge in [0, 0.05) is 18.2 Å². The quantitative estimate of drug-likeness (QED) is 0.807. The van der Waals surface area contributed by atoms with Crippen LogP contribution in [0.2, 0.25) is 5.15 Å². The maximum absolute atomic E-state index is 12.5. The molecule has 0 saturated carbocycles. The normalized spacial score (nSPS) is 30.7. The Balaban J connectivity index is 1.82. The summed E-state index contributed by atoms with van der Waals surface area (Å²) in [6.45, 7) is 5.54. The molecule has 2 bridgehead atoms. The number of amides is 1. The zero-order valence-electron chi connectivity index (χ0n) is 13.0. The van der Waals surface area contributed by atoms with E-state index in [1.807, 2.05) is 26.8 Å². The SMILES string of the molecule is CC(C)(C)OC(=O)N1[C@@H]2C[C@H](c3ccc(Cl)nc3)[C@H]1C[C@H]2O. The van der Waals surface area contributed by atoms with E-state index in [9.17, 15) is 9.90 Å². The zero-order valence-corrected chi connectivity index (χ0v) is 13.7. The fraction of sp³-hybridized carbons (Fsp3) is 0.625. The second-order valence-electron chi connectivity index (χ2n) is 7.08. The van der Waals surface area contributed by atoms with Crippen molar-refractivity contribution >= 4 is 17.7 Å². The number of nitrogens with zero attached hydrogens (tertiary/aromatic N) is 2. The highest BCUT2D eigenvalue weighted by Gasteiger charge is 2.54. The number of fused-ring (bicyclic) bond motifs is 2. The number of hydrogen-bond acceptors (Lipinski definition) is 4. The molecule has 2 aliphatic heterocycles. The van der Waals surface area contributed by atoms with Crippen molar-refractivity contribution < 1.29 is 14.6 Å². The molecule has 2 aliphatic rings. The lowest BCUT2D eigenvalue weighted by Crippen LogP contribution is -2.41. The van der Waals surface area contributed by atoms with E-state index in [1.54, 1.807) is 17.2 Å². The minimum atomic E-state index is -0.540. The van der Waals surface area contributed by atoms with Crippen LogP contribution in [0.5, 0.6) is 0 Å². The molecule has 2 fully saturated rings. The van der Waals surface area contributed by atoms with Gasteiger partial charge in [-0.1, -0.05) is 17.7 Å². The van der Waals surface area contributed by atoms with Crippen LogP contribution in [0, 0.1) is 0 Å². The summed E-state index contributed by atoms with van der Waals surface area (Å²) in [4.78, 5) is 18.3. The Morgan fingerprint density at radius 3 is 2.68 bits per heavy atom. The number of carbonyl (C=O) groups is 1. The fourth-order valence-electron chi connectivity index (χ4n) is 3.55. The maximum atomic E-state index is 12.5. The number of aliphatic hydroxyl groups excluding tert-OH is 1. The molecule has 4 atom stereocenters. The Hall–Kier alpha value is -1.33. The third kappa shape index (κ3) is 2.79. The van der Waals surface area contributed by atoms with E-state index in [1.165, 1.54) is 0 Å². The van der Waals surface area contributed by atoms with Crippen LogP contribution in [-0.2, 0) is 4.74 Å². The molecule has 3 rings (SSSR count). The number of hydrogen-bond donors (Lipinski definition) is 1. The Labute approximate surface area is 135 Å². The van der Waals surface area contributed by atoms with Gasteiger partial charge in [0.05, 0.1) is 12.1 Å². The van der Waals surface area contributed by atoms with Crippen molar-refractivity contribution in [3.05, 3.63) is 29.0 Å². The van der Waals surface area contributed by atoms with E-state index in [0.29, 0.717) is 11.6 Å². The van der Waals surface area contributed by atoms with Crippen molar-refractivity contribution in [3.63, 3.8) is 0 Å². The Morgan fingerprint density at radius 2 is 2.09 bits per heavy atom. The van der Waals surface area contributed by atoms with E-state index in [-0.39, 0.29) is 24.1 Å². The average molecular weight is 325 g/mol. The van der Waals surface area contributed by atoms with Crippen molar-refractivity contribution in [2.75, 3.05) is 0 Å². The van der Waals surface area contributed by atoms with E-state index in [0.717, 1.165) is 12.0 Å². The predicted molar refractivity (Wildman–Crippen MR) is 82.9 cm³/mol. The van der Waals surface area contributed by atoms with Crippen molar-refractivity contribution in [2.24, 2.45) is 0 Å². The number of halogens is 1. The summed E-state index contributed by atoms with van der Waals surface area (Å²) in [7, 11) is 0. The molecule has 1 aromatic heterocycles. The van der Waals surface area contributed by atoms with Crippen LogP contribution < -0.4 is 0 Å². The van der Waals surface area contributed by atoms with Gasteiger partial charge in [0.1, 0.15) is 10.8 Å². The smallest absolute Gasteiger partial charge is 0.410 e. The average Bonchev–Trinajstić information content (AvgIpc) is 2.91. The van der Waals surface area contributed by atoms with Gasteiger partial charge in [-0.05, 0) is 45.2 Å².